The van der Waals surface area contributed by atoms with E-state index in [2.05, 4.69) is 27.4 Å². The van der Waals surface area contributed by atoms with Crippen LogP contribution in [0.15, 0.2) is 66.9 Å². The van der Waals surface area contributed by atoms with Gasteiger partial charge in [0.2, 0.25) is 5.88 Å². The van der Waals surface area contributed by atoms with Crippen molar-refractivity contribution in [1.29, 1.82) is 0 Å². The number of nitrogens with one attached hydrogen (secondary N) is 1. The summed E-state index contributed by atoms with van der Waals surface area (Å²) in [5.41, 5.74) is 2.40. The number of thiazole rings is 1. The van der Waals surface area contributed by atoms with E-state index in [-0.39, 0.29) is 5.92 Å². The summed E-state index contributed by atoms with van der Waals surface area (Å²) in [6.07, 6.45) is 5.40. The maximum Gasteiger partial charge on any atom is 0.222 e. The van der Waals surface area contributed by atoms with E-state index in [0.29, 0.717) is 5.88 Å². The van der Waals surface area contributed by atoms with Crippen molar-refractivity contribution < 1.29 is 9.84 Å². The zero-order valence-electron chi connectivity index (χ0n) is 17.4. The summed E-state index contributed by atoms with van der Waals surface area (Å²) < 4.78 is 7.31. The summed E-state index contributed by atoms with van der Waals surface area (Å²) in [6.45, 7) is 1.92. The topological polar surface area (TPSA) is 67.3 Å². The highest BCUT2D eigenvalue weighted by molar-refractivity contribution is 7.22. The van der Waals surface area contributed by atoms with Gasteiger partial charge in [-0.3, -0.25) is 0 Å². The minimum absolute atomic E-state index is 0.257. The molecule has 0 aliphatic heterocycles. The number of anilines is 2. The lowest BCUT2D eigenvalue weighted by molar-refractivity contribution is 0.0142. The van der Waals surface area contributed by atoms with Crippen molar-refractivity contribution in [2.45, 2.75) is 44.1 Å². The number of fused-ring (bicyclic) bond motifs is 1. The van der Waals surface area contributed by atoms with Gasteiger partial charge in [0.15, 0.2) is 5.13 Å². The molecule has 0 bridgehead atoms. The molecule has 1 saturated carbocycles. The summed E-state index contributed by atoms with van der Waals surface area (Å²) in [7, 11) is 0. The molecule has 158 valence electrons. The molecular formula is C25H25N3O2S. The average Bonchev–Trinajstić information content (AvgIpc) is 3.17. The molecule has 0 radical (unpaired) electrons. The Kier molecular flexibility index (Phi) is 5.34. The molecular weight excluding hydrogens is 406 g/mol. The van der Waals surface area contributed by atoms with Gasteiger partial charge >= 0.3 is 0 Å². The molecule has 31 heavy (non-hydrogen) atoms. The highest BCUT2D eigenvalue weighted by atomic mass is 32.1. The van der Waals surface area contributed by atoms with Crippen molar-refractivity contribution in [2.24, 2.45) is 0 Å². The molecule has 0 spiro atoms. The Morgan fingerprint density at radius 2 is 1.94 bits per heavy atom. The highest BCUT2D eigenvalue weighted by Crippen LogP contribution is 2.41. The smallest absolute Gasteiger partial charge is 0.222 e. The van der Waals surface area contributed by atoms with Crippen molar-refractivity contribution in [3.8, 4) is 11.6 Å². The Hall–Kier alpha value is -2.96. The van der Waals surface area contributed by atoms with Crippen molar-refractivity contribution in [2.75, 3.05) is 5.32 Å². The van der Waals surface area contributed by atoms with Crippen LogP contribution in [0, 0.1) is 0 Å². The van der Waals surface area contributed by atoms with E-state index >= 15 is 0 Å². The second-order valence-corrected chi connectivity index (χ2v) is 9.46. The van der Waals surface area contributed by atoms with Gasteiger partial charge in [0.05, 0.1) is 15.8 Å². The molecule has 1 unspecified atom stereocenters. The number of pyridine rings is 1. The maximum atomic E-state index is 10.5. The quantitative estimate of drug-likeness (QED) is 0.371. The first-order valence-electron chi connectivity index (χ1n) is 10.6. The molecule has 5 rings (SSSR count). The third kappa shape index (κ3) is 4.55. The zero-order valence-corrected chi connectivity index (χ0v) is 18.2. The number of benzene rings is 2. The summed E-state index contributed by atoms with van der Waals surface area (Å²) in [5.74, 6) is 1.61. The zero-order chi connectivity index (χ0) is 21.3. The van der Waals surface area contributed by atoms with Crippen LogP contribution < -0.4 is 10.1 Å². The average molecular weight is 432 g/mol. The SMILES string of the molecule is C[C@]1(O)CCCC(c2cccnc2Oc2ccc(Nc3nc4ccccc4s3)cc2)C1. The van der Waals surface area contributed by atoms with Gasteiger partial charge in [0.25, 0.3) is 0 Å². The van der Waals surface area contributed by atoms with E-state index < -0.39 is 5.60 Å². The van der Waals surface area contributed by atoms with E-state index in [4.69, 9.17) is 4.74 Å². The van der Waals surface area contributed by atoms with Gasteiger partial charge in [0.1, 0.15) is 5.75 Å². The molecule has 2 atom stereocenters. The Bertz CT molecular complexity index is 1150. The first-order valence-corrected chi connectivity index (χ1v) is 11.5. The van der Waals surface area contributed by atoms with Crippen molar-refractivity contribution in [3.63, 3.8) is 0 Å². The molecule has 5 nitrogen and oxygen atoms in total. The third-order valence-electron chi connectivity index (χ3n) is 5.81. The van der Waals surface area contributed by atoms with E-state index in [9.17, 15) is 5.11 Å². The molecule has 0 amide bonds. The van der Waals surface area contributed by atoms with E-state index in [1.165, 1.54) is 0 Å². The van der Waals surface area contributed by atoms with Gasteiger partial charge < -0.3 is 15.2 Å². The predicted octanol–water partition coefficient (Wildman–Crippen LogP) is 6.64. The van der Waals surface area contributed by atoms with E-state index in [1.54, 1.807) is 17.5 Å². The Morgan fingerprint density at radius 1 is 1.10 bits per heavy atom. The van der Waals surface area contributed by atoms with Gasteiger partial charge in [-0.2, -0.15) is 0 Å². The molecule has 2 N–H and O–H groups in total. The second kappa shape index (κ2) is 8.29. The normalized spacial score (nSPS) is 21.2. The molecule has 1 fully saturated rings. The molecule has 2 aromatic carbocycles. The van der Waals surface area contributed by atoms with Crippen LogP contribution in [0.4, 0.5) is 10.8 Å². The van der Waals surface area contributed by atoms with Gasteiger partial charge in [-0.1, -0.05) is 29.5 Å². The maximum absolute atomic E-state index is 10.5. The first-order chi connectivity index (χ1) is 15.1. The van der Waals surface area contributed by atoms with Crippen LogP contribution in [0.25, 0.3) is 10.2 Å². The minimum atomic E-state index is -0.621. The van der Waals surface area contributed by atoms with Crippen molar-refractivity contribution in [3.05, 3.63) is 72.4 Å². The largest absolute Gasteiger partial charge is 0.439 e. The number of aliphatic hydroxyl groups is 1. The summed E-state index contributed by atoms with van der Waals surface area (Å²) in [4.78, 5) is 9.10. The van der Waals surface area contributed by atoms with Crippen LogP contribution in [-0.4, -0.2) is 20.7 Å². The summed E-state index contributed by atoms with van der Waals surface area (Å²) in [5, 5.41) is 14.7. The molecule has 1 aliphatic rings. The number of hydrogen-bond donors (Lipinski definition) is 2. The number of aromatic nitrogens is 2. The number of ether oxygens (including phenoxy) is 1. The Morgan fingerprint density at radius 3 is 2.74 bits per heavy atom. The highest BCUT2D eigenvalue weighted by Gasteiger charge is 2.32. The standard InChI is InChI=1S/C25H25N3O2S/c1-25(29)14-4-6-17(16-25)20-7-5-15-26-23(20)30-19-12-10-18(11-13-19)27-24-28-21-8-2-3-9-22(21)31-24/h2-3,5,7-13,15,17,29H,4,6,14,16H2,1H3,(H,27,28)/t17?,25-/m0/s1. The minimum Gasteiger partial charge on any atom is -0.439 e. The first kappa shape index (κ1) is 20.0. The monoisotopic (exact) mass is 431 g/mol. The molecule has 0 saturated heterocycles. The fraction of sp³-hybridized carbons (Fsp3) is 0.280. The number of hydrogen-bond acceptors (Lipinski definition) is 6. The lowest BCUT2D eigenvalue weighted by atomic mass is 9.76. The summed E-state index contributed by atoms with van der Waals surface area (Å²) in [6, 6.07) is 20.0. The van der Waals surface area contributed by atoms with Crippen LogP contribution in [0.1, 0.15) is 44.1 Å². The number of rotatable bonds is 5. The van der Waals surface area contributed by atoms with Crippen LogP contribution in [-0.2, 0) is 0 Å². The number of para-hydroxylation sites is 1. The van der Waals surface area contributed by atoms with Gasteiger partial charge in [-0.15, -0.1) is 0 Å². The Labute approximate surface area is 185 Å². The Balaban J connectivity index is 1.31. The molecule has 2 aromatic heterocycles. The number of nitrogens with zero attached hydrogens (tertiary/aromatic N) is 2. The van der Waals surface area contributed by atoms with Gasteiger partial charge in [0, 0.05) is 17.4 Å². The lowest BCUT2D eigenvalue weighted by Gasteiger charge is -2.34. The van der Waals surface area contributed by atoms with Crippen LogP contribution in [0.5, 0.6) is 11.6 Å². The van der Waals surface area contributed by atoms with Crippen LogP contribution in [0.3, 0.4) is 0 Å². The van der Waals surface area contributed by atoms with E-state index in [1.807, 2.05) is 55.5 Å². The lowest BCUT2D eigenvalue weighted by Crippen LogP contribution is -2.30. The van der Waals surface area contributed by atoms with Gasteiger partial charge in [-0.05, 0) is 81.0 Å². The fourth-order valence-electron chi connectivity index (χ4n) is 4.30. The van der Waals surface area contributed by atoms with E-state index in [0.717, 1.165) is 58.0 Å². The molecule has 1 aliphatic carbocycles. The van der Waals surface area contributed by atoms with Crippen LogP contribution in [0.2, 0.25) is 0 Å². The predicted molar refractivity (Wildman–Crippen MR) is 125 cm³/mol. The van der Waals surface area contributed by atoms with Crippen molar-refractivity contribution >= 4 is 32.4 Å². The molecule has 6 heteroatoms. The second-order valence-electron chi connectivity index (χ2n) is 8.43. The molecule has 4 aromatic rings. The van der Waals surface area contributed by atoms with Crippen LogP contribution >= 0.6 is 11.3 Å². The molecule has 2 heterocycles. The van der Waals surface area contributed by atoms with Gasteiger partial charge in [-0.25, -0.2) is 9.97 Å². The van der Waals surface area contributed by atoms with Crippen molar-refractivity contribution in [1.82, 2.24) is 9.97 Å². The summed E-state index contributed by atoms with van der Waals surface area (Å²) >= 11 is 1.63. The third-order valence-corrected chi connectivity index (χ3v) is 6.76. The fourth-order valence-corrected chi connectivity index (χ4v) is 5.18.